The van der Waals surface area contributed by atoms with Crippen molar-refractivity contribution >= 4 is 29.3 Å². The van der Waals surface area contributed by atoms with E-state index in [1.807, 2.05) is 0 Å². The Bertz CT molecular complexity index is 573. The molecule has 0 heterocycles. The maximum Gasteiger partial charge on any atom is 0.416 e. The number of hydrogen-bond donors (Lipinski definition) is 3. The lowest BCUT2D eigenvalue weighted by Crippen LogP contribution is -2.51. The summed E-state index contributed by atoms with van der Waals surface area (Å²) < 4.78 is 37.8. The first-order chi connectivity index (χ1) is 9.41. The number of aliphatic carboxylic acids is 1. The lowest BCUT2D eigenvalue weighted by Gasteiger charge is -2.21. The highest BCUT2D eigenvalue weighted by Crippen LogP contribution is 2.33. The van der Waals surface area contributed by atoms with Gasteiger partial charge in [0.2, 0.25) is 0 Å². The van der Waals surface area contributed by atoms with Gasteiger partial charge >= 0.3 is 18.2 Å². The van der Waals surface area contributed by atoms with Gasteiger partial charge in [-0.15, -0.1) is 0 Å². The summed E-state index contributed by atoms with van der Waals surface area (Å²) in [5, 5.41) is 12.8. The summed E-state index contributed by atoms with van der Waals surface area (Å²) in [6.45, 7) is 2.46. The van der Waals surface area contributed by atoms with Crippen LogP contribution in [0.25, 0.3) is 0 Å². The van der Waals surface area contributed by atoms with Gasteiger partial charge in [-0.25, -0.2) is 9.59 Å². The Balaban J connectivity index is 2.91. The van der Waals surface area contributed by atoms with E-state index in [1.54, 1.807) is 0 Å². The summed E-state index contributed by atoms with van der Waals surface area (Å²) in [6, 6.07) is 1.56. The normalized spacial score (nSPS) is 11.9. The molecular weight excluding hydrogens is 313 g/mol. The molecule has 0 fully saturated rings. The summed E-state index contributed by atoms with van der Waals surface area (Å²) in [5.41, 5.74) is -2.80. The van der Waals surface area contributed by atoms with Crippen LogP contribution in [0.1, 0.15) is 19.4 Å². The average molecular weight is 325 g/mol. The quantitative estimate of drug-likeness (QED) is 0.798. The van der Waals surface area contributed by atoms with Crippen molar-refractivity contribution in [1.29, 1.82) is 0 Å². The van der Waals surface area contributed by atoms with Gasteiger partial charge in [-0.3, -0.25) is 0 Å². The molecule has 3 N–H and O–H groups in total. The number of hydrogen-bond acceptors (Lipinski definition) is 2. The standard InChI is InChI=1S/C12H12ClF3N2O3/c1-11(2,9(19)20)18-10(21)17-8-4-6(12(14,15)16)3-7(13)5-8/h3-5H,1-2H3,(H,19,20)(H2,17,18,21). The third kappa shape index (κ3) is 4.82. The SMILES string of the molecule is CC(C)(NC(=O)Nc1cc(Cl)cc(C(F)(F)F)c1)C(=O)O. The van der Waals surface area contributed by atoms with Crippen molar-refractivity contribution in [2.75, 3.05) is 5.32 Å². The minimum Gasteiger partial charge on any atom is -0.480 e. The summed E-state index contributed by atoms with van der Waals surface area (Å²) in [6.07, 6.45) is -4.61. The van der Waals surface area contributed by atoms with Crippen molar-refractivity contribution in [2.24, 2.45) is 0 Å². The summed E-state index contributed by atoms with van der Waals surface area (Å²) in [5.74, 6) is -1.29. The van der Waals surface area contributed by atoms with Gasteiger partial charge in [0, 0.05) is 10.7 Å². The van der Waals surface area contributed by atoms with Crippen molar-refractivity contribution in [1.82, 2.24) is 5.32 Å². The molecule has 116 valence electrons. The number of urea groups is 1. The molecule has 0 atom stereocenters. The van der Waals surface area contributed by atoms with Crippen LogP contribution in [0, 0.1) is 0 Å². The van der Waals surface area contributed by atoms with Crippen molar-refractivity contribution in [2.45, 2.75) is 25.6 Å². The minimum atomic E-state index is -4.61. The van der Waals surface area contributed by atoms with E-state index >= 15 is 0 Å². The Labute approximate surface area is 123 Å². The first kappa shape index (κ1) is 17.1. The van der Waals surface area contributed by atoms with Crippen LogP contribution in [0.4, 0.5) is 23.7 Å². The maximum atomic E-state index is 12.6. The highest BCUT2D eigenvalue weighted by molar-refractivity contribution is 6.31. The molecule has 0 saturated carbocycles. The monoisotopic (exact) mass is 324 g/mol. The fourth-order valence-corrected chi connectivity index (χ4v) is 1.56. The lowest BCUT2D eigenvalue weighted by molar-refractivity contribution is -0.143. The van der Waals surface area contributed by atoms with Crippen LogP contribution >= 0.6 is 11.6 Å². The molecule has 9 heteroatoms. The molecule has 1 aromatic carbocycles. The van der Waals surface area contributed by atoms with Crippen molar-refractivity contribution in [3.05, 3.63) is 28.8 Å². The smallest absolute Gasteiger partial charge is 0.416 e. The number of carboxylic acid groups (broad SMARTS) is 1. The first-order valence-electron chi connectivity index (χ1n) is 5.62. The Hall–Kier alpha value is -1.96. The molecule has 21 heavy (non-hydrogen) atoms. The number of carbonyl (C=O) groups excluding carboxylic acids is 1. The number of carbonyl (C=O) groups is 2. The van der Waals surface area contributed by atoms with E-state index in [4.69, 9.17) is 16.7 Å². The Kier molecular flexibility index (Phi) is 4.72. The minimum absolute atomic E-state index is 0.200. The second kappa shape index (κ2) is 5.80. The first-order valence-corrected chi connectivity index (χ1v) is 6.00. The molecule has 1 aromatic rings. The average Bonchev–Trinajstić information content (AvgIpc) is 2.25. The van der Waals surface area contributed by atoms with E-state index in [0.717, 1.165) is 6.07 Å². The molecule has 0 saturated heterocycles. The van der Waals surface area contributed by atoms with Crippen LogP contribution in [-0.2, 0) is 11.0 Å². The van der Waals surface area contributed by atoms with Gasteiger partial charge in [-0.05, 0) is 32.0 Å². The number of benzene rings is 1. The van der Waals surface area contributed by atoms with Crippen molar-refractivity contribution in [3.63, 3.8) is 0 Å². The highest BCUT2D eigenvalue weighted by Gasteiger charge is 2.32. The zero-order chi connectivity index (χ0) is 16.4. The summed E-state index contributed by atoms with van der Waals surface area (Å²) in [7, 11) is 0. The third-order valence-corrected chi connectivity index (χ3v) is 2.66. The summed E-state index contributed by atoms with van der Waals surface area (Å²) in [4.78, 5) is 22.4. The molecule has 0 radical (unpaired) electrons. The van der Waals surface area contributed by atoms with Crippen LogP contribution in [0.15, 0.2) is 18.2 Å². The number of amides is 2. The van der Waals surface area contributed by atoms with Crippen LogP contribution in [0.3, 0.4) is 0 Å². The predicted molar refractivity (Wildman–Crippen MR) is 70.3 cm³/mol. The fraction of sp³-hybridized carbons (Fsp3) is 0.333. The Morgan fingerprint density at radius 3 is 2.24 bits per heavy atom. The largest absolute Gasteiger partial charge is 0.480 e. The third-order valence-electron chi connectivity index (χ3n) is 2.44. The molecule has 0 aliphatic heterocycles. The van der Waals surface area contributed by atoms with E-state index in [2.05, 4.69) is 10.6 Å². The van der Waals surface area contributed by atoms with E-state index in [1.165, 1.54) is 13.8 Å². The molecule has 0 aromatic heterocycles. The topological polar surface area (TPSA) is 78.4 Å². The predicted octanol–water partition coefficient (Wildman–Crippen LogP) is 3.34. The van der Waals surface area contributed by atoms with Gasteiger partial charge in [0.25, 0.3) is 0 Å². The second-order valence-corrected chi connectivity index (χ2v) is 5.17. The Morgan fingerprint density at radius 1 is 1.19 bits per heavy atom. The van der Waals surface area contributed by atoms with Crippen LogP contribution < -0.4 is 10.6 Å². The van der Waals surface area contributed by atoms with Gasteiger partial charge in [0.15, 0.2) is 0 Å². The van der Waals surface area contributed by atoms with Gasteiger partial charge in [0.05, 0.1) is 5.56 Å². The van der Waals surface area contributed by atoms with Gasteiger partial charge in [0.1, 0.15) is 5.54 Å². The van der Waals surface area contributed by atoms with E-state index in [9.17, 15) is 22.8 Å². The number of rotatable bonds is 3. The maximum absolute atomic E-state index is 12.6. The fourth-order valence-electron chi connectivity index (χ4n) is 1.33. The van der Waals surface area contributed by atoms with Crippen LogP contribution in [-0.4, -0.2) is 22.6 Å². The van der Waals surface area contributed by atoms with Crippen LogP contribution in [0.2, 0.25) is 5.02 Å². The van der Waals surface area contributed by atoms with Gasteiger partial charge < -0.3 is 15.7 Å². The molecule has 0 aliphatic rings. The number of alkyl halides is 3. The molecule has 1 rings (SSSR count). The van der Waals surface area contributed by atoms with Gasteiger partial charge in [-0.2, -0.15) is 13.2 Å². The zero-order valence-corrected chi connectivity index (χ0v) is 11.8. The molecular formula is C12H12ClF3N2O3. The molecule has 0 bridgehead atoms. The number of nitrogens with one attached hydrogen (secondary N) is 2. The highest BCUT2D eigenvalue weighted by atomic mass is 35.5. The van der Waals surface area contributed by atoms with E-state index < -0.39 is 29.3 Å². The number of halogens is 4. The summed E-state index contributed by atoms with van der Waals surface area (Å²) >= 11 is 5.56. The Morgan fingerprint density at radius 2 is 1.76 bits per heavy atom. The van der Waals surface area contributed by atoms with E-state index in [0.29, 0.717) is 12.1 Å². The number of anilines is 1. The molecule has 0 unspecified atom stereocenters. The zero-order valence-electron chi connectivity index (χ0n) is 11.0. The van der Waals surface area contributed by atoms with Crippen molar-refractivity contribution < 1.29 is 27.9 Å². The molecule has 5 nitrogen and oxygen atoms in total. The lowest BCUT2D eigenvalue weighted by atomic mass is 10.1. The van der Waals surface area contributed by atoms with Crippen LogP contribution in [0.5, 0.6) is 0 Å². The second-order valence-electron chi connectivity index (χ2n) is 4.74. The number of carboxylic acids is 1. The molecule has 0 aliphatic carbocycles. The van der Waals surface area contributed by atoms with Crippen molar-refractivity contribution in [3.8, 4) is 0 Å². The molecule has 2 amide bonds. The molecule has 0 spiro atoms. The van der Waals surface area contributed by atoms with E-state index in [-0.39, 0.29) is 10.7 Å². The van der Waals surface area contributed by atoms with Gasteiger partial charge in [-0.1, -0.05) is 11.6 Å².